The number of hydrogen-bond acceptors (Lipinski definition) is 0. The Labute approximate surface area is 263 Å². The lowest BCUT2D eigenvalue weighted by molar-refractivity contribution is 1.34. The molecule has 0 saturated carbocycles. The van der Waals surface area contributed by atoms with Crippen LogP contribution in [0, 0.1) is 88.9 Å². The number of benzene rings is 5. The first kappa shape index (κ1) is 29.8. The second-order valence-electron chi connectivity index (χ2n) is 11.3. The fourth-order valence-corrected chi connectivity index (χ4v) is 4.77. The van der Waals surface area contributed by atoms with E-state index in [0.29, 0.717) is 0 Å². The van der Waals surface area contributed by atoms with Gasteiger partial charge in [0.25, 0.3) is 0 Å². The molecule has 0 aliphatic carbocycles. The maximum Gasteiger partial charge on any atom is 0.0293 e. The van der Waals surface area contributed by atoms with Crippen LogP contribution < -0.4 is 0 Å². The summed E-state index contributed by atoms with van der Waals surface area (Å²) in [5.41, 5.74) is 14.8. The van der Waals surface area contributed by atoms with Crippen LogP contribution in [0.4, 0.5) is 0 Å². The molecule has 0 unspecified atom stereocenters. The van der Waals surface area contributed by atoms with Crippen molar-refractivity contribution in [2.24, 2.45) is 0 Å². The predicted octanol–water partition coefficient (Wildman–Crippen LogP) is 9.14. The summed E-state index contributed by atoms with van der Waals surface area (Å²) in [6.45, 7) is 12.5. The molecule has 5 aromatic carbocycles. The lowest BCUT2D eigenvalue weighted by atomic mass is 9.99. The smallest absolute Gasteiger partial charge is 0.0293 e. The molecule has 0 saturated heterocycles. The lowest BCUT2D eigenvalue weighted by Crippen LogP contribution is -1.91. The Morgan fingerprint density at radius 3 is 1.05 bits per heavy atom. The molecule has 0 radical (unpaired) electrons. The lowest BCUT2D eigenvalue weighted by Gasteiger charge is -2.04. The van der Waals surface area contributed by atoms with Gasteiger partial charge >= 0.3 is 0 Å². The third-order valence-corrected chi connectivity index (χ3v) is 7.43. The molecule has 0 bridgehead atoms. The maximum atomic E-state index is 3.39. The molecule has 0 aliphatic heterocycles. The van der Waals surface area contributed by atoms with Crippen LogP contribution in [0.3, 0.4) is 0 Å². The van der Waals surface area contributed by atoms with Crippen molar-refractivity contribution < 1.29 is 0 Å². The summed E-state index contributed by atoms with van der Waals surface area (Å²) in [6.07, 6.45) is 0. The van der Waals surface area contributed by atoms with Crippen LogP contribution in [-0.4, -0.2) is 0 Å². The van der Waals surface area contributed by atoms with Gasteiger partial charge in [-0.3, -0.25) is 0 Å². The van der Waals surface area contributed by atoms with Gasteiger partial charge in [-0.25, -0.2) is 0 Å². The summed E-state index contributed by atoms with van der Waals surface area (Å²) in [5, 5.41) is 0. The highest BCUT2D eigenvalue weighted by Gasteiger charge is 2.03. The monoisotopic (exact) mass is 562 g/mol. The van der Waals surface area contributed by atoms with E-state index in [9.17, 15) is 0 Å². The summed E-state index contributed by atoms with van der Waals surface area (Å²) >= 11 is 0. The largest absolute Gasteiger partial charge is 0.0616 e. The van der Waals surface area contributed by atoms with Crippen molar-refractivity contribution in [3.8, 4) is 47.4 Å². The minimum absolute atomic E-state index is 0.935. The van der Waals surface area contributed by atoms with Gasteiger partial charge in [-0.05, 0) is 136 Å². The van der Waals surface area contributed by atoms with Crippen LogP contribution in [0.5, 0.6) is 0 Å². The van der Waals surface area contributed by atoms with Crippen LogP contribution in [0.1, 0.15) is 77.9 Å². The summed E-state index contributed by atoms with van der Waals surface area (Å²) in [7, 11) is 0. The molecule has 44 heavy (non-hydrogen) atoms. The third-order valence-electron chi connectivity index (χ3n) is 7.43. The van der Waals surface area contributed by atoms with Gasteiger partial charge < -0.3 is 0 Å². The third kappa shape index (κ3) is 7.79. The van der Waals surface area contributed by atoms with Crippen LogP contribution in [0.2, 0.25) is 0 Å². The average Bonchev–Trinajstić information content (AvgIpc) is 3.02. The Balaban J connectivity index is 1.38. The Morgan fingerprint density at radius 2 is 0.659 bits per heavy atom. The molecular weight excluding hydrogens is 528 g/mol. The first-order valence-electron chi connectivity index (χ1n) is 14.8. The SMILES string of the molecule is Cc1ccc(C)c(C#Cc2cccc(C#Cc3cc(C)cc(C#Cc4cccc(C#Cc5cc(C)ccc5C)c4)c3C)c2)c1. The van der Waals surface area contributed by atoms with Crippen molar-refractivity contribution in [1.82, 2.24) is 0 Å². The fraction of sp³-hybridized carbons (Fsp3) is 0.136. The summed E-state index contributed by atoms with van der Waals surface area (Å²) in [4.78, 5) is 0. The maximum absolute atomic E-state index is 3.39. The standard InChI is InChI=1S/C44H34/c1-31-13-15-34(4)41(25-31)21-17-37-9-7-11-39(29-37)19-23-43-27-33(3)28-44(36(43)6)24-20-40-12-8-10-38(30-40)18-22-42-26-32(2)14-16-35(42)5/h7-16,25-30H,1-6H3. The number of hydrogen-bond donors (Lipinski definition) is 0. The van der Waals surface area contributed by atoms with Crippen LogP contribution in [0.25, 0.3) is 0 Å². The zero-order valence-corrected chi connectivity index (χ0v) is 26.2. The second kappa shape index (κ2) is 13.5. The van der Waals surface area contributed by atoms with E-state index in [4.69, 9.17) is 0 Å². The quantitative estimate of drug-likeness (QED) is 0.165. The molecule has 0 N–H and O–H groups in total. The summed E-state index contributed by atoms with van der Waals surface area (Å²) in [6, 6.07) is 33.2. The molecule has 0 aromatic heterocycles. The predicted molar refractivity (Wildman–Crippen MR) is 185 cm³/mol. The van der Waals surface area contributed by atoms with Crippen LogP contribution in [-0.2, 0) is 0 Å². The van der Waals surface area contributed by atoms with E-state index in [1.807, 2.05) is 48.5 Å². The Kier molecular flexibility index (Phi) is 9.18. The van der Waals surface area contributed by atoms with E-state index in [1.165, 1.54) is 22.3 Å². The van der Waals surface area contributed by atoms with Crippen molar-refractivity contribution in [3.05, 3.63) is 175 Å². The van der Waals surface area contributed by atoms with Gasteiger partial charge in [0, 0.05) is 44.5 Å². The number of rotatable bonds is 0. The van der Waals surface area contributed by atoms with E-state index < -0.39 is 0 Å². The van der Waals surface area contributed by atoms with Crippen molar-refractivity contribution in [2.45, 2.75) is 41.5 Å². The van der Waals surface area contributed by atoms with Gasteiger partial charge in [-0.1, -0.05) is 83.8 Å². The van der Waals surface area contributed by atoms with E-state index in [0.717, 1.165) is 55.6 Å². The van der Waals surface area contributed by atoms with E-state index in [-0.39, 0.29) is 0 Å². The van der Waals surface area contributed by atoms with Crippen molar-refractivity contribution in [1.29, 1.82) is 0 Å². The highest BCUT2D eigenvalue weighted by molar-refractivity contribution is 5.58. The summed E-state index contributed by atoms with van der Waals surface area (Å²) < 4.78 is 0. The average molecular weight is 563 g/mol. The minimum atomic E-state index is 0.935. The normalized spacial score (nSPS) is 9.77. The Morgan fingerprint density at radius 1 is 0.318 bits per heavy atom. The van der Waals surface area contributed by atoms with Gasteiger partial charge in [0.2, 0.25) is 0 Å². The highest BCUT2D eigenvalue weighted by atomic mass is 14.1. The molecule has 0 nitrogen and oxygen atoms in total. The van der Waals surface area contributed by atoms with E-state index in [2.05, 4.69) is 137 Å². The number of aryl methyl sites for hydroxylation is 5. The topological polar surface area (TPSA) is 0 Å². The van der Waals surface area contributed by atoms with Gasteiger partial charge in [0.15, 0.2) is 0 Å². The van der Waals surface area contributed by atoms with E-state index in [1.54, 1.807) is 0 Å². The van der Waals surface area contributed by atoms with Crippen molar-refractivity contribution in [2.75, 3.05) is 0 Å². The van der Waals surface area contributed by atoms with E-state index >= 15 is 0 Å². The van der Waals surface area contributed by atoms with Gasteiger partial charge in [-0.15, -0.1) is 0 Å². The fourth-order valence-electron chi connectivity index (χ4n) is 4.77. The molecule has 0 amide bonds. The van der Waals surface area contributed by atoms with Gasteiger partial charge in [0.05, 0.1) is 0 Å². The van der Waals surface area contributed by atoms with Gasteiger partial charge in [-0.2, -0.15) is 0 Å². The molecule has 0 fully saturated rings. The molecule has 0 spiro atoms. The zero-order valence-electron chi connectivity index (χ0n) is 26.2. The van der Waals surface area contributed by atoms with Crippen LogP contribution in [0.15, 0.2) is 97.1 Å². The van der Waals surface area contributed by atoms with Crippen molar-refractivity contribution >= 4 is 0 Å². The molecule has 210 valence electrons. The Bertz CT molecular complexity index is 1990. The zero-order chi connectivity index (χ0) is 31.1. The molecular formula is C44H34. The molecule has 0 aliphatic rings. The first-order valence-corrected chi connectivity index (χ1v) is 14.8. The van der Waals surface area contributed by atoms with Crippen molar-refractivity contribution in [3.63, 3.8) is 0 Å². The molecule has 0 heterocycles. The summed E-state index contributed by atoms with van der Waals surface area (Å²) in [5.74, 6) is 26.8. The Hall–Kier alpha value is -5.66. The second-order valence-corrected chi connectivity index (χ2v) is 11.3. The molecule has 0 heteroatoms. The molecule has 0 atom stereocenters. The van der Waals surface area contributed by atoms with Gasteiger partial charge in [0.1, 0.15) is 0 Å². The highest BCUT2D eigenvalue weighted by Crippen LogP contribution is 2.17. The molecule has 5 rings (SSSR count). The minimum Gasteiger partial charge on any atom is -0.0616 e. The molecule has 5 aromatic rings. The first-order chi connectivity index (χ1) is 21.2. The van der Waals surface area contributed by atoms with Crippen LogP contribution >= 0.6 is 0 Å².